The first-order chi connectivity index (χ1) is 19.5. The molecule has 3 fully saturated rings. The number of hydrogen-bond donors (Lipinski definition) is 0. The maximum atomic E-state index is 14.4. The minimum absolute atomic E-state index is 0.00403. The van der Waals surface area contributed by atoms with Gasteiger partial charge < -0.3 is 9.47 Å². The first-order valence-electron chi connectivity index (χ1n) is 16.6. The van der Waals surface area contributed by atoms with E-state index >= 15 is 0 Å². The average molecular weight is 557 g/mol. The zero-order valence-corrected chi connectivity index (χ0v) is 25.4. The number of rotatable bonds is 13. The molecule has 3 aliphatic rings. The van der Waals surface area contributed by atoms with Gasteiger partial charge in [-0.15, -0.1) is 0 Å². The van der Waals surface area contributed by atoms with Crippen molar-refractivity contribution >= 4 is 0 Å². The lowest BCUT2D eigenvalue weighted by atomic mass is 9.64. The molecule has 2 nitrogen and oxygen atoms in total. The van der Waals surface area contributed by atoms with E-state index in [0.29, 0.717) is 25.0 Å². The van der Waals surface area contributed by atoms with Gasteiger partial charge in [0.1, 0.15) is 0 Å². The van der Waals surface area contributed by atoms with E-state index in [4.69, 9.17) is 9.47 Å². The summed E-state index contributed by atoms with van der Waals surface area (Å²) >= 11 is 0. The highest BCUT2D eigenvalue weighted by Crippen LogP contribution is 2.47. The van der Waals surface area contributed by atoms with Crippen LogP contribution >= 0.6 is 0 Å². The van der Waals surface area contributed by atoms with Crippen LogP contribution in [0.25, 0.3) is 0 Å². The van der Waals surface area contributed by atoms with Crippen molar-refractivity contribution < 1.29 is 18.3 Å². The van der Waals surface area contributed by atoms with E-state index in [9.17, 15) is 8.78 Å². The molecule has 0 saturated heterocycles. The van der Waals surface area contributed by atoms with Crippen molar-refractivity contribution in [2.45, 2.75) is 117 Å². The third kappa shape index (κ3) is 8.58. The molecule has 40 heavy (non-hydrogen) atoms. The number of allylic oxidation sites excluding steroid dienone is 4. The highest BCUT2D eigenvalue weighted by molar-refractivity contribution is 5.35. The Balaban J connectivity index is 1.16. The third-order valence-electron chi connectivity index (χ3n) is 10.3. The van der Waals surface area contributed by atoms with Gasteiger partial charge in [0.2, 0.25) is 11.6 Å². The third-order valence-corrected chi connectivity index (χ3v) is 10.3. The lowest BCUT2D eigenvalue weighted by Crippen LogP contribution is -2.33. The number of hydrogen-bond acceptors (Lipinski definition) is 2. The number of unbranched alkanes of at least 4 members (excludes halogenated alkanes) is 1. The van der Waals surface area contributed by atoms with Crippen LogP contribution in [0, 0.1) is 47.1 Å². The SMILES string of the molecule is C/C=C(\C=C/CCCC1CCC(CCC)CC1)C1CCC2CC(COc3ccc(OCC)c(F)c3F)CCC2C1. The first-order valence-corrected chi connectivity index (χ1v) is 16.6. The zero-order chi connectivity index (χ0) is 28.3. The van der Waals surface area contributed by atoms with Gasteiger partial charge in [-0.2, -0.15) is 8.78 Å². The first kappa shape index (κ1) is 31.1. The molecule has 0 spiro atoms. The fourth-order valence-corrected chi connectivity index (χ4v) is 7.97. The van der Waals surface area contributed by atoms with Crippen LogP contribution in [0.15, 0.2) is 35.9 Å². The molecule has 0 N–H and O–H groups in total. The van der Waals surface area contributed by atoms with E-state index in [0.717, 1.165) is 36.5 Å². The number of halogens is 2. The summed E-state index contributed by atoms with van der Waals surface area (Å²) in [5.41, 5.74) is 1.54. The second kappa shape index (κ2) is 16.0. The van der Waals surface area contributed by atoms with E-state index in [2.05, 4.69) is 32.1 Å². The highest BCUT2D eigenvalue weighted by atomic mass is 19.2. The van der Waals surface area contributed by atoms with Gasteiger partial charge in [-0.05, 0) is 118 Å². The van der Waals surface area contributed by atoms with Crippen LogP contribution < -0.4 is 9.47 Å². The van der Waals surface area contributed by atoms with Gasteiger partial charge in [0.15, 0.2) is 11.5 Å². The van der Waals surface area contributed by atoms with E-state index < -0.39 is 11.6 Å². The largest absolute Gasteiger partial charge is 0.491 e. The van der Waals surface area contributed by atoms with Gasteiger partial charge in [-0.25, -0.2) is 0 Å². The molecule has 1 aromatic rings. The molecule has 4 unspecified atom stereocenters. The van der Waals surface area contributed by atoms with Crippen LogP contribution in [0.5, 0.6) is 11.5 Å². The van der Waals surface area contributed by atoms with Crippen molar-refractivity contribution in [3.05, 3.63) is 47.6 Å². The molecule has 4 rings (SSSR count). The average Bonchev–Trinajstić information content (AvgIpc) is 2.98. The smallest absolute Gasteiger partial charge is 0.204 e. The van der Waals surface area contributed by atoms with Gasteiger partial charge in [-0.3, -0.25) is 0 Å². The van der Waals surface area contributed by atoms with Crippen molar-refractivity contribution in [1.29, 1.82) is 0 Å². The lowest BCUT2D eigenvalue weighted by Gasteiger charge is -2.42. The Morgan fingerprint density at radius 3 is 2.10 bits per heavy atom. The summed E-state index contributed by atoms with van der Waals surface area (Å²) in [5, 5.41) is 0. The Bertz CT molecular complexity index is 962. The van der Waals surface area contributed by atoms with Crippen molar-refractivity contribution in [2.75, 3.05) is 13.2 Å². The van der Waals surface area contributed by atoms with Gasteiger partial charge in [0, 0.05) is 0 Å². The van der Waals surface area contributed by atoms with Crippen LogP contribution in [0.2, 0.25) is 0 Å². The van der Waals surface area contributed by atoms with Gasteiger partial charge in [0.05, 0.1) is 13.2 Å². The maximum Gasteiger partial charge on any atom is 0.204 e. The summed E-state index contributed by atoms with van der Waals surface area (Å²) in [6.07, 6.45) is 27.1. The molecule has 224 valence electrons. The number of fused-ring (bicyclic) bond motifs is 1. The molecule has 0 aliphatic heterocycles. The topological polar surface area (TPSA) is 18.5 Å². The van der Waals surface area contributed by atoms with Crippen molar-refractivity contribution in [3.8, 4) is 11.5 Å². The second-order valence-electron chi connectivity index (χ2n) is 12.9. The molecular weight excluding hydrogens is 502 g/mol. The summed E-state index contributed by atoms with van der Waals surface area (Å²) < 4.78 is 39.5. The van der Waals surface area contributed by atoms with Crippen molar-refractivity contribution in [3.63, 3.8) is 0 Å². The molecule has 0 radical (unpaired) electrons. The van der Waals surface area contributed by atoms with Gasteiger partial charge >= 0.3 is 0 Å². The quantitative estimate of drug-likeness (QED) is 0.178. The lowest BCUT2D eigenvalue weighted by molar-refractivity contribution is 0.0838. The van der Waals surface area contributed by atoms with E-state index in [1.807, 2.05) is 0 Å². The predicted molar refractivity (Wildman–Crippen MR) is 162 cm³/mol. The summed E-state index contributed by atoms with van der Waals surface area (Å²) in [5.74, 6) is 2.63. The Morgan fingerprint density at radius 2 is 1.43 bits per heavy atom. The summed E-state index contributed by atoms with van der Waals surface area (Å²) in [7, 11) is 0. The predicted octanol–water partition coefficient (Wildman–Crippen LogP) is 10.9. The summed E-state index contributed by atoms with van der Waals surface area (Å²) in [4.78, 5) is 0. The Labute approximate surface area is 243 Å². The standard InChI is InChI=1S/C36H54F2O2/c1-4-10-26-13-15-27(16-14-26)11-8-7-9-12-29(5-2)31-20-19-30-23-28(17-18-32(30)24-31)25-40-34-22-21-33(39-6-3)35(37)36(34)38/h5,9,12,21-22,26-28,30-32H,4,6-8,10-11,13-20,23-25H2,1-3H3/b12-9-,29-5+. The van der Waals surface area contributed by atoms with Crippen LogP contribution in [0.1, 0.15) is 117 Å². The summed E-state index contributed by atoms with van der Waals surface area (Å²) in [6.45, 7) is 7.04. The Morgan fingerprint density at radius 1 is 0.800 bits per heavy atom. The zero-order valence-electron chi connectivity index (χ0n) is 25.4. The molecular formula is C36H54F2O2. The molecule has 4 heteroatoms. The molecule has 0 amide bonds. The number of ether oxygens (including phenoxy) is 2. The van der Waals surface area contributed by atoms with Crippen molar-refractivity contribution in [1.82, 2.24) is 0 Å². The van der Waals surface area contributed by atoms with E-state index in [1.54, 1.807) is 6.92 Å². The minimum atomic E-state index is -0.958. The molecule has 3 saturated carbocycles. The van der Waals surface area contributed by atoms with E-state index in [1.165, 1.54) is 101 Å². The summed E-state index contributed by atoms with van der Waals surface area (Å²) in [6, 6.07) is 2.95. The van der Waals surface area contributed by atoms with Crippen LogP contribution in [0.3, 0.4) is 0 Å². The van der Waals surface area contributed by atoms with Crippen LogP contribution in [0.4, 0.5) is 8.78 Å². The molecule has 4 atom stereocenters. The van der Waals surface area contributed by atoms with Crippen LogP contribution in [-0.4, -0.2) is 13.2 Å². The molecule has 1 aromatic carbocycles. The normalized spacial score (nSPS) is 29.4. The second-order valence-corrected chi connectivity index (χ2v) is 12.9. The molecule has 0 bridgehead atoms. The van der Waals surface area contributed by atoms with E-state index in [-0.39, 0.29) is 11.5 Å². The molecule has 3 aliphatic carbocycles. The molecule has 0 aromatic heterocycles. The van der Waals surface area contributed by atoms with Gasteiger partial charge in [0.25, 0.3) is 0 Å². The fourth-order valence-electron chi connectivity index (χ4n) is 7.97. The number of benzene rings is 1. The Kier molecular flexibility index (Phi) is 12.4. The Hall–Kier alpha value is -1.84. The van der Waals surface area contributed by atoms with Crippen LogP contribution in [-0.2, 0) is 0 Å². The maximum absolute atomic E-state index is 14.4. The minimum Gasteiger partial charge on any atom is -0.491 e. The fraction of sp³-hybridized carbons (Fsp3) is 0.722. The van der Waals surface area contributed by atoms with Crippen molar-refractivity contribution in [2.24, 2.45) is 35.5 Å². The highest BCUT2D eigenvalue weighted by Gasteiger charge is 2.36. The molecule has 0 heterocycles. The monoisotopic (exact) mass is 556 g/mol. The van der Waals surface area contributed by atoms with Gasteiger partial charge in [-0.1, -0.05) is 70.1 Å².